The smallest absolute Gasteiger partial charge is 0.319 e. The Morgan fingerprint density at radius 3 is 2.40 bits per heavy atom. The minimum Gasteiger partial charge on any atom is -0.319 e. The second kappa shape index (κ2) is 5.20. The quantitative estimate of drug-likeness (QED) is 0.920. The second-order valence-corrected chi connectivity index (χ2v) is 4.58. The molecule has 1 unspecified atom stereocenters. The summed E-state index contributed by atoms with van der Waals surface area (Å²) in [5, 5.41) is 0. The zero-order valence-corrected chi connectivity index (χ0v) is 11.1. The Hall–Kier alpha value is -1.95. The van der Waals surface area contributed by atoms with Gasteiger partial charge in [-0.05, 0) is 43.2 Å². The summed E-state index contributed by atoms with van der Waals surface area (Å²) < 4.78 is 37.9. The van der Waals surface area contributed by atoms with Crippen molar-refractivity contribution in [2.24, 2.45) is 5.73 Å². The lowest BCUT2D eigenvalue weighted by Crippen LogP contribution is -2.16. The highest BCUT2D eigenvalue weighted by atomic mass is 19.4. The van der Waals surface area contributed by atoms with Gasteiger partial charge in [-0.2, -0.15) is 13.2 Å². The maximum absolute atomic E-state index is 12.6. The molecule has 0 aliphatic heterocycles. The first-order valence-corrected chi connectivity index (χ1v) is 6.02. The molecule has 0 aliphatic carbocycles. The van der Waals surface area contributed by atoms with Crippen LogP contribution in [0, 0.1) is 13.8 Å². The van der Waals surface area contributed by atoms with Gasteiger partial charge in [-0.1, -0.05) is 6.07 Å². The summed E-state index contributed by atoms with van der Waals surface area (Å²) in [6.45, 7) is 3.34. The molecule has 20 heavy (non-hydrogen) atoms. The highest BCUT2D eigenvalue weighted by Gasteiger charge is 2.31. The fraction of sp³-hybridized carbons (Fsp3) is 0.286. The number of halogens is 3. The van der Waals surface area contributed by atoms with Crippen LogP contribution in [0.2, 0.25) is 0 Å². The van der Waals surface area contributed by atoms with Gasteiger partial charge in [0.1, 0.15) is 5.82 Å². The van der Waals surface area contributed by atoms with Crippen molar-refractivity contribution in [3.8, 4) is 0 Å². The lowest BCUT2D eigenvalue weighted by Gasteiger charge is -2.16. The maximum atomic E-state index is 12.6. The van der Waals surface area contributed by atoms with E-state index in [1.807, 2.05) is 0 Å². The first-order chi connectivity index (χ1) is 9.29. The molecular weight excluding hydrogens is 267 g/mol. The standard InChI is InChI=1S/C14H14F3N3/c1-8-7-10(14(15,16)17)3-4-11(8)13(18)12-5-6-19-9(2)20-12/h3-7,13H,18H2,1-2H3. The summed E-state index contributed by atoms with van der Waals surface area (Å²) in [5.74, 6) is 0.572. The van der Waals surface area contributed by atoms with E-state index in [2.05, 4.69) is 9.97 Å². The van der Waals surface area contributed by atoms with Crippen LogP contribution in [0.15, 0.2) is 30.5 Å². The van der Waals surface area contributed by atoms with Crippen molar-refractivity contribution in [2.75, 3.05) is 0 Å². The molecule has 0 radical (unpaired) electrons. The highest BCUT2D eigenvalue weighted by Crippen LogP contribution is 2.32. The molecule has 1 heterocycles. The van der Waals surface area contributed by atoms with Crippen molar-refractivity contribution in [1.82, 2.24) is 9.97 Å². The minimum absolute atomic E-state index is 0.489. The molecule has 3 nitrogen and oxygen atoms in total. The van der Waals surface area contributed by atoms with Crippen molar-refractivity contribution in [1.29, 1.82) is 0 Å². The second-order valence-electron chi connectivity index (χ2n) is 4.58. The number of benzene rings is 1. The topological polar surface area (TPSA) is 51.8 Å². The average molecular weight is 281 g/mol. The van der Waals surface area contributed by atoms with E-state index in [1.54, 1.807) is 26.1 Å². The largest absolute Gasteiger partial charge is 0.416 e. The maximum Gasteiger partial charge on any atom is 0.416 e. The summed E-state index contributed by atoms with van der Waals surface area (Å²) >= 11 is 0. The number of hydrogen-bond donors (Lipinski definition) is 1. The van der Waals surface area contributed by atoms with Crippen LogP contribution in [-0.2, 0) is 6.18 Å². The van der Waals surface area contributed by atoms with Gasteiger partial charge in [0.15, 0.2) is 0 Å². The SMILES string of the molecule is Cc1nccc(C(N)c2ccc(C(F)(F)F)cc2C)n1. The monoisotopic (exact) mass is 281 g/mol. The lowest BCUT2D eigenvalue weighted by atomic mass is 9.97. The Balaban J connectivity index is 2.38. The van der Waals surface area contributed by atoms with Gasteiger partial charge in [-0.25, -0.2) is 9.97 Å². The third kappa shape index (κ3) is 2.96. The molecule has 2 aromatic rings. The van der Waals surface area contributed by atoms with Crippen LogP contribution in [-0.4, -0.2) is 9.97 Å². The van der Waals surface area contributed by atoms with Gasteiger partial charge >= 0.3 is 6.18 Å². The molecule has 1 atom stereocenters. The van der Waals surface area contributed by atoms with Crippen LogP contribution in [0.3, 0.4) is 0 Å². The molecule has 2 rings (SSSR count). The van der Waals surface area contributed by atoms with E-state index in [4.69, 9.17) is 5.73 Å². The van der Waals surface area contributed by atoms with Crippen molar-refractivity contribution in [3.05, 3.63) is 58.7 Å². The van der Waals surface area contributed by atoms with Crippen LogP contribution < -0.4 is 5.73 Å². The molecule has 6 heteroatoms. The zero-order chi connectivity index (χ0) is 14.9. The molecule has 1 aromatic carbocycles. The molecule has 0 saturated carbocycles. The molecular formula is C14H14F3N3. The predicted octanol–water partition coefficient (Wildman–Crippen LogP) is 3.16. The molecule has 1 aromatic heterocycles. The summed E-state index contributed by atoms with van der Waals surface area (Å²) in [5.41, 5.74) is 7.09. The molecule has 2 N–H and O–H groups in total. The van der Waals surface area contributed by atoms with Gasteiger partial charge in [0, 0.05) is 6.20 Å². The summed E-state index contributed by atoms with van der Waals surface area (Å²) in [6.07, 6.45) is -2.77. The van der Waals surface area contributed by atoms with E-state index in [0.29, 0.717) is 22.6 Å². The number of hydrogen-bond acceptors (Lipinski definition) is 3. The molecule has 0 spiro atoms. The predicted molar refractivity (Wildman–Crippen MR) is 69.0 cm³/mol. The first kappa shape index (κ1) is 14.5. The van der Waals surface area contributed by atoms with E-state index in [1.165, 1.54) is 6.07 Å². The molecule has 0 bridgehead atoms. The van der Waals surface area contributed by atoms with Crippen LogP contribution in [0.4, 0.5) is 13.2 Å². The Morgan fingerprint density at radius 2 is 1.85 bits per heavy atom. The molecule has 0 amide bonds. The zero-order valence-electron chi connectivity index (χ0n) is 11.1. The Kier molecular flexibility index (Phi) is 3.76. The molecule has 106 valence electrons. The van der Waals surface area contributed by atoms with Gasteiger partial charge in [-0.3, -0.25) is 0 Å². The summed E-state index contributed by atoms with van der Waals surface area (Å²) in [6, 6.07) is 4.63. The highest BCUT2D eigenvalue weighted by molar-refractivity contribution is 5.37. The van der Waals surface area contributed by atoms with Crippen LogP contribution in [0.5, 0.6) is 0 Å². The van der Waals surface area contributed by atoms with Gasteiger partial charge in [0.25, 0.3) is 0 Å². The number of aromatic nitrogens is 2. The molecule has 0 fully saturated rings. The van der Waals surface area contributed by atoms with Gasteiger partial charge < -0.3 is 5.73 Å². The number of rotatable bonds is 2. The van der Waals surface area contributed by atoms with Crippen LogP contribution in [0.25, 0.3) is 0 Å². The fourth-order valence-corrected chi connectivity index (χ4v) is 2.01. The average Bonchev–Trinajstić information content (AvgIpc) is 2.36. The van der Waals surface area contributed by atoms with Crippen molar-refractivity contribution in [2.45, 2.75) is 26.1 Å². The van der Waals surface area contributed by atoms with Gasteiger partial charge in [0.05, 0.1) is 17.3 Å². The van der Waals surface area contributed by atoms with Crippen molar-refractivity contribution < 1.29 is 13.2 Å². The van der Waals surface area contributed by atoms with E-state index in [9.17, 15) is 13.2 Å². The van der Waals surface area contributed by atoms with E-state index in [0.717, 1.165) is 12.1 Å². The van der Waals surface area contributed by atoms with Crippen LogP contribution >= 0.6 is 0 Å². The van der Waals surface area contributed by atoms with Crippen molar-refractivity contribution >= 4 is 0 Å². The normalized spacial score (nSPS) is 13.3. The lowest BCUT2D eigenvalue weighted by molar-refractivity contribution is -0.137. The van der Waals surface area contributed by atoms with E-state index < -0.39 is 17.8 Å². The number of alkyl halides is 3. The first-order valence-electron chi connectivity index (χ1n) is 6.02. The Labute approximate surface area is 114 Å². The minimum atomic E-state index is -4.35. The van der Waals surface area contributed by atoms with E-state index >= 15 is 0 Å². The summed E-state index contributed by atoms with van der Waals surface area (Å²) in [4.78, 5) is 8.17. The number of aryl methyl sites for hydroxylation is 2. The van der Waals surface area contributed by atoms with Gasteiger partial charge in [0.2, 0.25) is 0 Å². The van der Waals surface area contributed by atoms with Crippen LogP contribution in [0.1, 0.15) is 34.3 Å². The number of nitrogens with two attached hydrogens (primary N) is 1. The van der Waals surface area contributed by atoms with E-state index in [-0.39, 0.29) is 0 Å². The Bertz CT molecular complexity index is 623. The Morgan fingerprint density at radius 1 is 1.15 bits per heavy atom. The fourth-order valence-electron chi connectivity index (χ4n) is 2.01. The third-order valence-electron chi connectivity index (χ3n) is 3.05. The summed E-state index contributed by atoms with van der Waals surface area (Å²) in [7, 11) is 0. The number of nitrogens with zero attached hydrogens (tertiary/aromatic N) is 2. The molecule has 0 aliphatic rings. The van der Waals surface area contributed by atoms with Gasteiger partial charge in [-0.15, -0.1) is 0 Å². The van der Waals surface area contributed by atoms with Crippen molar-refractivity contribution in [3.63, 3.8) is 0 Å². The molecule has 0 saturated heterocycles. The third-order valence-corrected chi connectivity index (χ3v) is 3.05.